The molecule has 0 aliphatic carbocycles. The van der Waals surface area contributed by atoms with Crippen LogP contribution >= 0.6 is 0 Å². The van der Waals surface area contributed by atoms with Crippen LogP contribution in [-0.2, 0) is 14.3 Å². The van der Waals surface area contributed by atoms with Crippen molar-refractivity contribution in [2.45, 2.75) is 334 Å². The van der Waals surface area contributed by atoms with Crippen molar-refractivity contribution in [2.24, 2.45) is 0 Å². The Balaban J connectivity index is 3.32. The Hall–Kier alpha value is -1.66. The van der Waals surface area contributed by atoms with Gasteiger partial charge in [0.1, 0.15) is 0 Å². The van der Waals surface area contributed by atoms with Crippen LogP contribution in [0.2, 0.25) is 0 Å². The first-order chi connectivity index (χ1) is 32.5. The zero-order chi connectivity index (χ0) is 47.9. The third kappa shape index (κ3) is 51.7. The summed E-state index contributed by atoms with van der Waals surface area (Å²) in [5.41, 5.74) is 0. The highest BCUT2D eigenvalue weighted by atomic mass is 16.5. The number of nitrogens with one attached hydrogen (secondary N) is 1. The van der Waals surface area contributed by atoms with Gasteiger partial charge in [-0.15, -0.1) is 0 Å². The van der Waals surface area contributed by atoms with Gasteiger partial charge in [-0.3, -0.25) is 9.59 Å². The van der Waals surface area contributed by atoms with E-state index >= 15 is 0 Å². The van der Waals surface area contributed by atoms with Crippen molar-refractivity contribution in [1.82, 2.24) is 5.32 Å². The number of hydrogen-bond donors (Lipinski definition) is 3. The molecule has 0 aliphatic rings. The van der Waals surface area contributed by atoms with E-state index in [4.69, 9.17) is 4.74 Å². The van der Waals surface area contributed by atoms with Crippen LogP contribution in [0.5, 0.6) is 0 Å². The van der Waals surface area contributed by atoms with Crippen molar-refractivity contribution in [2.75, 3.05) is 13.2 Å². The summed E-state index contributed by atoms with van der Waals surface area (Å²) in [7, 11) is 0. The van der Waals surface area contributed by atoms with Gasteiger partial charge >= 0.3 is 5.97 Å². The largest absolute Gasteiger partial charge is 0.466 e. The molecule has 0 aromatic carbocycles. The molecule has 6 nitrogen and oxygen atoms in total. The molecule has 0 saturated carbocycles. The van der Waals surface area contributed by atoms with E-state index < -0.39 is 12.1 Å². The molecule has 2 unspecified atom stereocenters. The third-order valence-electron chi connectivity index (χ3n) is 13.7. The first-order valence-corrected chi connectivity index (χ1v) is 29.6. The van der Waals surface area contributed by atoms with E-state index in [0.717, 1.165) is 44.9 Å². The number of allylic oxidation sites excluding steroid dienone is 3. The minimum absolute atomic E-state index is 0.00815. The molecule has 0 rings (SSSR count). The van der Waals surface area contributed by atoms with Crippen LogP contribution in [0.25, 0.3) is 0 Å². The lowest BCUT2D eigenvalue weighted by Crippen LogP contribution is -2.45. The Morgan fingerprint density at radius 1 is 0.409 bits per heavy atom. The molecular weight excluding hydrogens is 815 g/mol. The molecule has 0 saturated heterocycles. The van der Waals surface area contributed by atoms with E-state index in [1.807, 2.05) is 6.08 Å². The summed E-state index contributed by atoms with van der Waals surface area (Å²) in [6.07, 6.45) is 68.0. The van der Waals surface area contributed by atoms with Crippen LogP contribution in [0, 0.1) is 0 Å². The average Bonchev–Trinajstić information content (AvgIpc) is 3.32. The number of aliphatic hydroxyl groups excluding tert-OH is 2. The lowest BCUT2D eigenvalue weighted by molar-refractivity contribution is -0.143. The Labute approximate surface area is 411 Å². The molecular formula is C60H115NO5. The molecule has 390 valence electrons. The number of aliphatic hydroxyl groups is 2. The van der Waals surface area contributed by atoms with Gasteiger partial charge in [-0.25, -0.2) is 0 Å². The van der Waals surface area contributed by atoms with Crippen molar-refractivity contribution in [3.05, 3.63) is 24.3 Å². The second kappa shape index (κ2) is 55.9. The number of carbonyl (C=O) groups is 2. The van der Waals surface area contributed by atoms with Gasteiger partial charge in [-0.05, 0) is 57.8 Å². The van der Waals surface area contributed by atoms with Crippen LogP contribution in [0.15, 0.2) is 24.3 Å². The van der Waals surface area contributed by atoms with Crippen LogP contribution < -0.4 is 5.32 Å². The minimum Gasteiger partial charge on any atom is -0.466 e. The molecule has 0 heterocycles. The van der Waals surface area contributed by atoms with Gasteiger partial charge in [0.25, 0.3) is 0 Å². The smallest absolute Gasteiger partial charge is 0.305 e. The van der Waals surface area contributed by atoms with Gasteiger partial charge < -0.3 is 20.3 Å². The highest BCUT2D eigenvalue weighted by Gasteiger charge is 2.18. The Morgan fingerprint density at radius 3 is 1.11 bits per heavy atom. The summed E-state index contributed by atoms with van der Waals surface area (Å²) in [5, 5.41) is 22.9. The summed E-state index contributed by atoms with van der Waals surface area (Å²) in [6, 6.07) is -0.622. The van der Waals surface area contributed by atoms with Gasteiger partial charge in [0.2, 0.25) is 5.91 Å². The average molecular weight is 931 g/mol. The summed E-state index contributed by atoms with van der Waals surface area (Å²) in [5.74, 6) is -0.0587. The zero-order valence-electron chi connectivity index (χ0n) is 44.4. The number of esters is 1. The first-order valence-electron chi connectivity index (χ1n) is 29.6. The molecule has 3 N–H and O–H groups in total. The van der Waals surface area contributed by atoms with E-state index in [1.165, 1.54) is 250 Å². The van der Waals surface area contributed by atoms with Crippen molar-refractivity contribution in [1.29, 1.82) is 0 Å². The van der Waals surface area contributed by atoms with E-state index in [-0.39, 0.29) is 18.5 Å². The molecule has 0 aromatic heterocycles. The SMILES string of the molecule is CCCCC/C=C\CCCCCCCC(=O)OCCCCCCCCCCCCCCCCCCCCCCCCCCCCCCC(=O)NC(CO)C(O)/C=C/CCCCCCCCC. The Morgan fingerprint density at radius 2 is 0.712 bits per heavy atom. The van der Waals surface area contributed by atoms with Crippen LogP contribution in [0.4, 0.5) is 0 Å². The lowest BCUT2D eigenvalue weighted by Gasteiger charge is -2.20. The molecule has 0 aliphatic heterocycles. The maximum atomic E-state index is 12.4. The summed E-state index contributed by atoms with van der Waals surface area (Å²) < 4.78 is 5.47. The van der Waals surface area contributed by atoms with Gasteiger partial charge in [0.05, 0.1) is 25.4 Å². The van der Waals surface area contributed by atoms with Crippen molar-refractivity contribution in [3.63, 3.8) is 0 Å². The lowest BCUT2D eigenvalue weighted by atomic mass is 10.0. The fourth-order valence-electron chi connectivity index (χ4n) is 9.16. The summed E-state index contributed by atoms with van der Waals surface area (Å²) in [4.78, 5) is 24.4. The van der Waals surface area contributed by atoms with E-state index in [1.54, 1.807) is 6.08 Å². The fourth-order valence-corrected chi connectivity index (χ4v) is 9.16. The normalized spacial score (nSPS) is 12.7. The molecule has 6 heteroatoms. The first kappa shape index (κ1) is 64.3. The van der Waals surface area contributed by atoms with Crippen molar-refractivity contribution >= 4 is 11.9 Å². The molecule has 66 heavy (non-hydrogen) atoms. The second-order valence-corrected chi connectivity index (χ2v) is 20.3. The van der Waals surface area contributed by atoms with Crippen molar-refractivity contribution < 1.29 is 24.5 Å². The predicted molar refractivity (Wildman–Crippen MR) is 287 cm³/mol. The number of amides is 1. The van der Waals surface area contributed by atoms with Gasteiger partial charge in [0, 0.05) is 12.8 Å². The van der Waals surface area contributed by atoms with Gasteiger partial charge in [-0.1, -0.05) is 276 Å². The number of unbranched alkanes of at least 4 members (excludes halogenated alkanes) is 42. The number of carbonyl (C=O) groups excluding carboxylic acids is 2. The number of hydrogen-bond acceptors (Lipinski definition) is 5. The van der Waals surface area contributed by atoms with E-state index in [2.05, 4.69) is 31.3 Å². The standard InChI is InChI=1S/C60H115NO5/c1-3-5-7-9-11-13-14-34-38-42-46-50-54-60(65)66-55-51-47-43-39-35-32-30-28-26-24-22-20-18-16-15-17-19-21-23-25-27-29-31-33-37-41-45-49-53-59(64)61-57(56-62)58(63)52-48-44-40-36-12-10-8-6-4-2/h11,13,48,52,57-58,62-63H,3-10,12,14-47,49-51,53-56H2,1-2H3,(H,61,64)/b13-11-,52-48+. The molecule has 1 amide bonds. The monoisotopic (exact) mass is 930 g/mol. The van der Waals surface area contributed by atoms with Gasteiger partial charge in [0.15, 0.2) is 0 Å². The molecule has 0 aromatic rings. The van der Waals surface area contributed by atoms with Crippen LogP contribution in [0.1, 0.15) is 322 Å². The number of rotatable bonds is 55. The molecule has 0 radical (unpaired) electrons. The molecule has 2 atom stereocenters. The number of ether oxygens (including phenoxy) is 1. The molecule has 0 bridgehead atoms. The van der Waals surface area contributed by atoms with Crippen LogP contribution in [0.3, 0.4) is 0 Å². The highest BCUT2D eigenvalue weighted by Crippen LogP contribution is 2.17. The molecule has 0 spiro atoms. The van der Waals surface area contributed by atoms with Crippen LogP contribution in [-0.4, -0.2) is 47.4 Å². The van der Waals surface area contributed by atoms with E-state index in [9.17, 15) is 19.8 Å². The topological polar surface area (TPSA) is 95.9 Å². The maximum absolute atomic E-state index is 12.4. The summed E-state index contributed by atoms with van der Waals surface area (Å²) >= 11 is 0. The highest BCUT2D eigenvalue weighted by molar-refractivity contribution is 5.76. The fraction of sp³-hybridized carbons (Fsp3) is 0.900. The van der Waals surface area contributed by atoms with Crippen molar-refractivity contribution in [3.8, 4) is 0 Å². The minimum atomic E-state index is -0.839. The zero-order valence-corrected chi connectivity index (χ0v) is 44.4. The summed E-state index contributed by atoms with van der Waals surface area (Å²) in [6.45, 7) is 4.86. The Kier molecular flexibility index (Phi) is 54.5. The Bertz CT molecular complexity index is 1030. The second-order valence-electron chi connectivity index (χ2n) is 20.3. The van der Waals surface area contributed by atoms with Gasteiger partial charge in [-0.2, -0.15) is 0 Å². The predicted octanol–water partition coefficient (Wildman–Crippen LogP) is 18.2. The maximum Gasteiger partial charge on any atom is 0.305 e. The third-order valence-corrected chi connectivity index (χ3v) is 13.7. The quantitative estimate of drug-likeness (QED) is 0.0321. The molecule has 0 fully saturated rings. The van der Waals surface area contributed by atoms with E-state index in [0.29, 0.717) is 19.4 Å².